The summed E-state index contributed by atoms with van der Waals surface area (Å²) >= 11 is 1.11. The molecule has 1 N–H and O–H groups in total. The van der Waals surface area contributed by atoms with Crippen molar-refractivity contribution in [2.45, 2.75) is 33.4 Å². The second-order valence-electron chi connectivity index (χ2n) is 4.83. The van der Waals surface area contributed by atoms with E-state index >= 15 is 0 Å². The Morgan fingerprint density at radius 1 is 1.32 bits per heavy atom. The lowest BCUT2D eigenvalue weighted by molar-refractivity contribution is -0.129. The predicted molar refractivity (Wildman–Crippen MR) is 70.4 cm³/mol. The maximum Gasteiger partial charge on any atom is 0.433 e. The minimum Gasteiger partial charge on any atom is -0.323 e. The van der Waals surface area contributed by atoms with Crippen molar-refractivity contribution < 1.29 is 22.8 Å². The van der Waals surface area contributed by atoms with Crippen molar-refractivity contribution in [1.82, 2.24) is 5.32 Å². The molecule has 0 bridgehead atoms. The number of hydrogen-bond acceptors (Lipinski definition) is 4. The Morgan fingerprint density at radius 2 is 1.89 bits per heavy atom. The Labute approximate surface area is 115 Å². The molecule has 19 heavy (non-hydrogen) atoms. The number of alkyl halides is 3. The summed E-state index contributed by atoms with van der Waals surface area (Å²) < 4.78 is 36.0. The zero-order chi connectivity index (χ0) is 15.1. The number of carbonyl (C=O) groups excluding carboxylic acids is 1. The van der Waals surface area contributed by atoms with Gasteiger partial charge in [0.1, 0.15) is 0 Å². The third kappa shape index (κ3) is 9.63. The zero-order valence-electron chi connectivity index (χ0n) is 11.4. The van der Waals surface area contributed by atoms with Crippen molar-refractivity contribution in [1.29, 1.82) is 0 Å². The number of halogens is 3. The normalized spacial score (nSPS) is 13.3. The molecule has 0 aromatic heterocycles. The molecule has 8 heteroatoms. The van der Waals surface area contributed by atoms with Crippen LogP contribution in [-0.2, 0) is 4.84 Å². The maximum atomic E-state index is 12.0. The molecule has 0 aromatic carbocycles. The summed E-state index contributed by atoms with van der Waals surface area (Å²) in [5.41, 5.74) is 0.155. The Kier molecular flexibility index (Phi) is 7.25. The highest BCUT2D eigenvalue weighted by Crippen LogP contribution is 2.24. The van der Waals surface area contributed by atoms with Gasteiger partial charge in [-0.15, -0.1) is 0 Å². The monoisotopic (exact) mass is 300 g/mol. The van der Waals surface area contributed by atoms with Gasteiger partial charge in [0, 0.05) is 24.0 Å². The Balaban J connectivity index is 4.35. The summed E-state index contributed by atoms with van der Waals surface area (Å²) in [6.45, 7) is 5.55. The first-order valence-corrected chi connectivity index (χ1v) is 6.82. The van der Waals surface area contributed by atoms with Crippen LogP contribution in [0, 0.1) is 5.41 Å². The van der Waals surface area contributed by atoms with Crippen LogP contribution >= 0.6 is 11.8 Å². The molecule has 112 valence electrons. The molecule has 0 saturated carbocycles. The molecule has 0 atom stereocenters. The van der Waals surface area contributed by atoms with Gasteiger partial charge in [0.05, 0.1) is 12.1 Å². The third-order valence-corrected chi connectivity index (χ3v) is 3.05. The lowest BCUT2D eigenvalue weighted by Crippen LogP contribution is -2.25. The standard InChI is InChI=1S/C11H19F3N2O2S/c1-10(2,3)8(16-18-9(17)15-4)7-19-6-5-11(12,13)14/h5-7H2,1-4H3,(H,15,17). The number of nitrogens with zero attached hydrogens (tertiary/aromatic N) is 1. The second-order valence-corrected chi connectivity index (χ2v) is 5.94. The fraction of sp³-hybridized carbons (Fsp3) is 0.818. The lowest BCUT2D eigenvalue weighted by atomic mass is 9.91. The molecular weight excluding hydrogens is 281 g/mol. The number of oxime groups is 1. The number of amides is 1. The van der Waals surface area contributed by atoms with Crippen LogP contribution in [0.25, 0.3) is 0 Å². The Hall–Kier alpha value is -0.920. The van der Waals surface area contributed by atoms with E-state index in [2.05, 4.69) is 15.3 Å². The summed E-state index contributed by atoms with van der Waals surface area (Å²) in [6.07, 6.45) is -5.70. The molecule has 0 unspecified atom stereocenters. The SMILES string of the molecule is CNC(=O)ON=C(CSCCC(F)(F)F)C(C)(C)C. The van der Waals surface area contributed by atoms with E-state index in [0.717, 1.165) is 11.8 Å². The van der Waals surface area contributed by atoms with Crippen molar-refractivity contribution in [2.75, 3.05) is 18.6 Å². The molecule has 1 amide bonds. The zero-order valence-corrected chi connectivity index (χ0v) is 12.2. The van der Waals surface area contributed by atoms with Gasteiger partial charge >= 0.3 is 12.3 Å². The van der Waals surface area contributed by atoms with E-state index in [1.54, 1.807) is 0 Å². The number of carbonyl (C=O) groups is 1. The highest BCUT2D eigenvalue weighted by atomic mass is 32.2. The van der Waals surface area contributed by atoms with Gasteiger partial charge in [0.25, 0.3) is 0 Å². The van der Waals surface area contributed by atoms with Crippen LogP contribution in [0.2, 0.25) is 0 Å². The van der Waals surface area contributed by atoms with Gasteiger partial charge in [-0.05, 0) is 0 Å². The summed E-state index contributed by atoms with van der Waals surface area (Å²) in [6, 6.07) is 0. The van der Waals surface area contributed by atoms with Gasteiger partial charge in [-0.3, -0.25) is 4.84 Å². The summed E-state index contributed by atoms with van der Waals surface area (Å²) in [5.74, 6) is 0.245. The molecule has 0 rings (SSSR count). The average Bonchev–Trinajstić information content (AvgIpc) is 2.24. The van der Waals surface area contributed by atoms with Crippen LogP contribution in [0.15, 0.2) is 5.16 Å². The van der Waals surface area contributed by atoms with E-state index in [4.69, 9.17) is 0 Å². The van der Waals surface area contributed by atoms with E-state index in [0.29, 0.717) is 5.71 Å². The Bertz CT molecular complexity index is 325. The van der Waals surface area contributed by atoms with E-state index < -0.39 is 18.7 Å². The number of rotatable bonds is 5. The van der Waals surface area contributed by atoms with Crippen molar-refractivity contribution in [3.8, 4) is 0 Å². The van der Waals surface area contributed by atoms with Gasteiger partial charge < -0.3 is 5.32 Å². The van der Waals surface area contributed by atoms with Gasteiger partial charge in [-0.1, -0.05) is 25.9 Å². The third-order valence-electron chi connectivity index (χ3n) is 2.08. The van der Waals surface area contributed by atoms with Crippen LogP contribution in [0.3, 0.4) is 0 Å². The van der Waals surface area contributed by atoms with Gasteiger partial charge in [-0.2, -0.15) is 24.9 Å². The first-order chi connectivity index (χ1) is 8.56. The molecule has 4 nitrogen and oxygen atoms in total. The van der Waals surface area contributed by atoms with Crippen LogP contribution in [0.1, 0.15) is 27.2 Å². The minimum atomic E-state index is -4.15. The van der Waals surface area contributed by atoms with Gasteiger partial charge in [0.15, 0.2) is 0 Å². The van der Waals surface area contributed by atoms with Crippen LogP contribution < -0.4 is 5.32 Å². The second kappa shape index (κ2) is 7.62. The van der Waals surface area contributed by atoms with Crippen LogP contribution in [0.5, 0.6) is 0 Å². The molecule has 0 radical (unpaired) electrons. The maximum absolute atomic E-state index is 12.0. The largest absolute Gasteiger partial charge is 0.433 e. The summed E-state index contributed by atoms with van der Waals surface area (Å²) in [7, 11) is 1.40. The van der Waals surface area contributed by atoms with Crippen molar-refractivity contribution in [2.24, 2.45) is 10.6 Å². The fourth-order valence-corrected chi connectivity index (χ4v) is 2.08. The van der Waals surface area contributed by atoms with Crippen LogP contribution in [0.4, 0.5) is 18.0 Å². The van der Waals surface area contributed by atoms with E-state index in [9.17, 15) is 18.0 Å². The average molecular weight is 300 g/mol. The first kappa shape index (κ1) is 18.1. The van der Waals surface area contributed by atoms with Crippen molar-refractivity contribution >= 4 is 23.6 Å². The lowest BCUT2D eigenvalue weighted by Gasteiger charge is -2.20. The molecule has 0 saturated heterocycles. The highest BCUT2D eigenvalue weighted by Gasteiger charge is 2.27. The quantitative estimate of drug-likeness (QED) is 0.366. The number of nitrogens with one attached hydrogen (secondary N) is 1. The summed E-state index contributed by atoms with van der Waals surface area (Å²) in [4.78, 5) is 15.5. The van der Waals surface area contributed by atoms with E-state index in [-0.39, 0.29) is 16.9 Å². The minimum absolute atomic E-state index is 0.0431. The van der Waals surface area contributed by atoms with Crippen molar-refractivity contribution in [3.63, 3.8) is 0 Å². The van der Waals surface area contributed by atoms with E-state index in [1.165, 1.54) is 7.05 Å². The molecule has 0 aromatic rings. The smallest absolute Gasteiger partial charge is 0.323 e. The van der Waals surface area contributed by atoms with Gasteiger partial charge in [0.2, 0.25) is 0 Å². The topological polar surface area (TPSA) is 50.7 Å². The molecule has 0 aliphatic rings. The molecule has 0 heterocycles. The molecule has 0 aliphatic carbocycles. The molecule has 0 aliphatic heterocycles. The van der Waals surface area contributed by atoms with Gasteiger partial charge in [-0.25, -0.2) is 4.79 Å². The molecule has 0 fully saturated rings. The highest BCUT2D eigenvalue weighted by molar-refractivity contribution is 7.99. The van der Waals surface area contributed by atoms with Crippen molar-refractivity contribution in [3.05, 3.63) is 0 Å². The fourth-order valence-electron chi connectivity index (χ4n) is 0.879. The Morgan fingerprint density at radius 3 is 2.32 bits per heavy atom. The van der Waals surface area contributed by atoms with Crippen LogP contribution in [-0.4, -0.2) is 36.5 Å². The number of hydrogen-bond donors (Lipinski definition) is 1. The van der Waals surface area contributed by atoms with E-state index in [1.807, 2.05) is 20.8 Å². The molecule has 0 spiro atoms. The summed E-state index contributed by atoms with van der Waals surface area (Å²) in [5, 5.41) is 5.94. The molecular formula is C11H19F3N2O2S. The predicted octanol–water partition coefficient (Wildman–Crippen LogP) is 3.43. The first-order valence-electron chi connectivity index (χ1n) is 5.67. The number of thioether (sulfide) groups is 1.